The molecule has 2 aromatic carbocycles. The first-order valence-corrected chi connectivity index (χ1v) is 10.8. The van der Waals surface area contributed by atoms with Crippen molar-refractivity contribution in [2.24, 2.45) is 0 Å². The third-order valence-electron chi connectivity index (χ3n) is 4.47. The number of rotatable bonds is 12. The second-order valence-electron chi connectivity index (χ2n) is 6.45. The predicted octanol–water partition coefficient (Wildman–Crippen LogP) is 5.35. The highest BCUT2D eigenvalue weighted by Crippen LogP contribution is 2.37. The fraction of sp³-hybridized carbons (Fsp3) is 0.250. The summed E-state index contributed by atoms with van der Waals surface area (Å²) >= 11 is 1.52. The molecule has 0 radical (unpaired) electrons. The maximum absolute atomic E-state index is 13.5. The van der Waals surface area contributed by atoms with Crippen molar-refractivity contribution in [1.82, 2.24) is 0 Å². The summed E-state index contributed by atoms with van der Waals surface area (Å²) in [7, 11) is 0. The highest BCUT2D eigenvalue weighted by molar-refractivity contribution is 7.98. The van der Waals surface area contributed by atoms with Crippen LogP contribution in [-0.2, 0) is 4.79 Å². The Morgan fingerprint density at radius 3 is 2.43 bits per heavy atom. The fourth-order valence-electron chi connectivity index (χ4n) is 3.07. The van der Waals surface area contributed by atoms with Crippen LogP contribution in [0.1, 0.15) is 40.7 Å². The van der Waals surface area contributed by atoms with Crippen LogP contribution >= 0.6 is 11.8 Å². The number of aliphatic carboxylic acids is 1. The van der Waals surface area contributed by atoms with Crippen molar-refractivity contribution in [1.29, 1.82) is 0 Å². The van der Waals surface area contributed by atoms with Gasteiger partial charge in [-0.3, -0.25) is 9.59 Å². The number of carboxylic acid groups (broad SMARTS) is 1. The number of hydrogen-bond acceptors (Lipinski definition) is 5. The van der Waals surface area contributed by atoms with Crippen molar-refractivity contribution >= 4 is 23.5 Å². The van der Waals surface area contributed by atoms with Crippen molar-refractivity contribution in [2.45, 2.75) is 24.2 Å². The minimum Gasteiger partial charge on any atom is -0.489 e. The Kier molecular flexibility index (Phi) is 8.74. The third-order valence-corrected chi connectivity index (χ3v) is 5.20. The summed E-state index contributed by atoms with van der Waals surface area (Å²) in [6.07, 6.45) is 5.39. The van der Waals surface area contributed by atoms with E-state index < -0.39 is 11.9 Å². The van der Waals surface area contributed by atoms with Gasteiger partial charge in [0.25, 0.3) is 0 Å². The Balaban J connectivity index is 2.73. The Morgan fingerprint density at radius 2 is 1.83 bits per heavy atom. The van der Waals surface area contributed by atoms with E-state index in [9.17, 15) is 14.7 Å². The molecule has 0 spiro atoms. The third kappa shape index (κ3) is 5.54. The van der Waals surface area contributed by atoms with Gasteiger partial charge in [0.1, 0.15) is 24.7 Å². The molecule has 158 valence electrons. The average molecular weight is 427 g/mol. The van der Waals surface area contributed by atoms with Gasteiger partial charge in [0, 0.05) is 16.5 Å². The molecule has 2 rings (SSSR count). The normalized spacial score (nSPS) is 11.4. The lowest BCUT2D eigenvalue weighted by Gasteiger charge is -2.20. The second kappa shape index (κ2) is 11.3. The number of ketones is 1. The van der Waals surface area contributed by atoms with Gasteiger partial charge in [-0.2, -0.15) is 0 Å². The monoisotopic (exact) mass is 426 g/mol. The maximum atomic E-state index is 13.5. The predicted molar refractivity (Wildman–Crippen MR) is 120 cm³/mol. The van der Waals surface area contributed by atoms with E-state index >= 15 is 0 Å². The summed E-state index contributed by atoms with van der Waals surface area (Å²) in [5.74, 6) is -1.51. The van der Waals surface area contributed by atoms with E-state index in [1.165, 1.54) is 11.8 Å². The zero-order chi connectivity index (χ0) is 22.1. The van der Waals surface area contributed by atoms with Crippen molar-refractivity contribution in [3.8, 4) is 11.5 Å². The van der Waals surface area contributed by atoms with Crippen molar-refractivity contribution < 1.29 is 24.2 Å². The van der Waals surface area contributed by atoms with Gasteiger partial charge >= 0.3 is 5.97 Å². The molecular weight excluding hydrogens is 400 g/mol. The molecule has 6 heteroatoms. The zero-order valence-corrected chi connectivity index (χ0v) is 18.0. The van der Waals surface area contributed by atoms with E-state index in [4.69, 9.17) is 9.47 Å². The molecule has 5 nitrogen and oxygen atoms in total. The molecule has 2 aromatic rings. The Labute approximate surface area is 181 Å². The lowest BCUT2D eigenvalue weighted by molar-refractivity contribution is -0.138. The standard InChI is InChI=1S/C24H26O5S/c1-5-11-28-17-14-20(19(7-3)24(26)27)22(21(15-17)29-12-6-2)23(25)16-9-8-10-18(13-16)30-4/h5-6,8-10,13-15,19H,1-2,7,11-12H2,3-4H3,(H,26,27). The summed E-state index contributed by atoms with van der Waals surface area (Å²) < 4.78 is 11.4. The molecule has 0 aliphatic carbocycles. The van der Waals surface area contributed by atoms with Gasteiger partial charge in [-0.05, 0) is 36.4 Å². The molecule has 0 aromatic heterocycles. The van der Waals surface area contributed by atoms with E-state index in [1.807, 2.05) is 12.3 Å². The average Bonchev–Trinajstić information content (AvgIpc) is 2.75. The molecule has 1 N–H and O–H groups in total. The van der Waals surface area contributed by atoms with Crippen LogP contribution in [0.3, 0.4) is 0 Å². The first-order valence-electron chi connectivity index (χ1n) is 9.53. The van der Waals surface area contributed by atoms with Crippen LogP contribution in [0.5, 0.6) is 11.5 Å². The van der Waals surface area contributed by atoms with E-state index in [0.717, 1.165) is 4.90 Å². The number of carboxylic acids is 1. The van der Waals surface area contributed by atoms with Crippen molar-refractivity contribution in [3.63, 3.8) is 0 Å². The van der Waals surface area contributed by atoms with Crippen LogP contribution in [0.2, 0.25) is 0 Å². The van der Waals surface area contributed by atoms with Crippen LogP contribution in [0.15, 0.2) is 66.6 Å². The van der Waals surface area contributed by atoms with Gasteiger partial charge in [-0.25, -0.2) is 0 Å². The first kappa shape index (κ1) is 23.3. The van der Waals surface area contributed by atoms with E-state index in [-0.39, 0.29) is 30.3 Å². The largest absolute Gasteiger partial charge is 0.489 e. The SMILES string of the molecule is C=CCOc1cc(OCC=C)c(C(=O)c2cccc(SC)c2)c(C(CC)C(=O)O)c1. The minimum atomic E-state index is -1.01. The van der Waals surface area contributed by atoms with Gasteiger partial charge in [-0.15, -0.1) is 11.8 Å². The van der Waals surface area contributed by atoms with Crippen LogP contribution in [0.4, 0.5) is 0 Å². The number of carbonyl (C=O) groups is 2. The highest BCUT2D eigenvalue weighted by Gasteiger charge is 2.29. The van der Waals surface area contributed by atoms with Crippen LogP contribution in [-0.4, -0.2) is 36.3 Å². The number of ether oxygens (including phenoxy) is 2. The molecule has 0 saturated heterocycles. The number of benzene rings is 2. The maximum Gasteiger partial charge on any atom is 0.310 e. The fourth-order valence-corrected chi connectivity index (χ4v) is 3.53. The number of carbonyl (C=O) groups excluding carboxylic acids is 1. The van der Waals surface area contributed by atoms with E-state index in [1.54, 1.807) is 49.4 Å². The molecule has 0 amide bonds. The quantitative estimate of drug-likeness (QED) is 0.280. The van der Waals surface area contributed by atoms with Crippen molar-refractivity contribution in [3.05, 3.63) is 78.4 Å². The lowest BCUT2D eigenvalue weighted by atomic mass is 9.87. The number of hydrogen-bond donors (Lipinski definition) is 1. The smallest absolute Gasteiger partial charge is 0.310 e. The van der Waals surface area contributed by atoms with Gasteiger partial charge in [0.15, 0.2) is 5.78 Å². The van der Waals surface area contributed by atoms with Gasteiger partial charge in [-0.1, -0.05) is 44.4 Å². The van der Waals surface area contributed by atoms with E-state index in [0.29, 0.717) is 23.3 Å². The molecule has 1 atom stereocenters. The Hall–Kier alpha value is -2.99. The highest BCUT2D eigenvalue weighted by atomic mass is 32.2. The molecule has 30 heavy (non-hydrogen) atoms. The molecule has 1 unspecified atom stereocenters. The summed E-state index contributed by atoms with van der Waals surface area (Å²) in [5.41, 5.74) is 1.06. The minimum absolute atomic E-state index is 0.166. The Bertz CT molecular complexity index is 935. The topological polar surface area (TPSA) is 72.8 Å². The Morgan fingerprint density at radius 1 is 1.13 bits per heavy atom. The van der Waals surface area contributed by atoms with Gasteiger partial charge in [0.05, 0.1) is 11.5 Å². The summed E-state index contributed by atoms with van der Waals surface area (Å²) in [4.78, 5) is 26.4. The molecule has 0 aliphatic rings. The van der Waals surface area contributed by atoms with Crippen molar-refractivity contribution in [2.75, 3.05) is 19.5 Å². The molecule has 0 heterocycles. The molecule has 0 bridgehead atoms. The molecule has 0 saturated carbocycles. The molecule has 0 fully saturated rings. The van der Waals surface area contributed by atoms with Crippen LogP contribution in [0.25, 0.3) is 0 Å². The first-order chi connectivity index (χ1) is 14.5. The number of thioether (sulfide) groups is 1. The lowest BCUT2D eigenvalue weighted by Crippen LogP contribution is -2.17. The molecular formula is C24H26O5S. The summed E-state index contributed by atoms with van der Waals surface area (Å²) in [5, 5.41) is 9.79. The summed E-state index contributed by atoms with van der Waals surface area (Å²) in [6.45, 7) is 9.46. The van der Waals surface area contributed by atoms with E-state index in [2.05, 4.69) is 13.2 Å². The second-order valence-corrected chi connectivity index (χ2v) is 7.32. The van der Waals surface area contributed by atoms with Crippen LogP contribution < -0.4 is 9.47 Å². The van der Waals surface area contributed by atoms with Gasteiger partial charge < -0.3 is 14.6 Å². The van der Waals surface area contributed by atoms with Crippen LogP contribution in [0, 0.1) is 0 Å². The molecule has 0 aliphatic heterocycles. The summed E-state index contributed by atoms with van der Waals surface area (Å²) in [6, 6.07) is 10.4. The zero-order valence-electron chi connectivity index (χ0n) is 17.2. The van der Waals surface area contributed by atoms with Gasteiger partial charge in [0.2, 0.25) is 0 Å².